The Balaban J connectivity index is 2.09. The van der Waals surface area contributed by atoms with Crippen LogP contribution in [0.3, 0.4) is 0 Å². The minimum Gasteiger partial charge on any atom is -0.363 e. The molecule has 0 saturated carbocycles. The number of aromatic nitrogens is 2. The molecule has 1 aromatic carbocycles. The molecule has 2 rings (SSSR count). The Bertz CT molecular complexity index is 710. The molecule has 1 heterocycles. The van der Waals surface area contributed by atoms with Crippen molar-refractivity contribution in [3.05, 3.63) is 54.1 Å². The topological polar surface area (TPSA) is 72.9 Å². The van der Waals surface area contributed by atoms with Gasteiger partial charge in [0.15, 0.2) is 5.82 Å². The number of primary amides is 1. The molecule has 1 radical (unpaired) electrons. The number of benzene rings is 1. The highest BCUT2D eigenvalue weighted by Gasteiger charge is 2.40. The maximum absolute atomic E-state index is 13.3. The van der Waals surface area contributed by atoms with Gasteiger partial charge in [-0.1, -0.05) is 30.3 Å². The van der Waals surface area contributed by atoms with Crippen LogP contribution in [0.5, 0.6) is 0 Å². The summed E-state index contributed by atoms with van der Waals surface area (Å²) >= 11 is 0. The van der Waals surface area contributed by atoms with Crippen molar-refractivity contribution >= 4 is 5.91 Å². The zero-order valence-corrected chi connectivity index (χ0v) is 14.0. The first-order valence-electron chi connectivity index (χ1n) is 7.73. The van der Waals surface area contributed by atoms with E-state index in [1.165, 1.54) is 22.9 Å². The number of rotatable bonds is 7. The number of nitrogens with one attached hydrogen (secondary N) is 1. The molecule has 0 fully saturated rings. The molecule has 0 aliphatic rings. The van der Waals surface area contributed by atoms with E-state index in [4.69, 9.17) is 5.73 Å². The fourth-order valence-corrected chi connectivity index (χ4v) is 2.61. The average Bonchev–Trinajstić information content (AvgIpc) is 3.02. The van der Waals surface area contributed by atoms with E-state index in [-0.39, 0.29) is 17.9 Å². The zero-order valence-electron chi connectivity index (χ0n) is 14.0. The van der Waals surface area contributed by atoms with Crippen LogP contribution >= 0.6 is 0 Å². The number of halogens is 3. The van der Waals surface area contributed by atoms with E-state index in [2.05, 4.69) is 16.5 Å². The van der Waals surface area contributed by atoms with Crippen molar-refractivity contribution in [1.82, 2.24) is 14.9 Å². The molecular formula is C17H20F3N4O. The van der Waals surface area contributed by atoms with Crippen molar-refractivity contribution in [2.45, 2.75) is 38.0 Å². The normalized spacial score (nSPS) is 13.6. The van der Waals surface area contributed by atoms with E-state index in [1.54, 1.807) is 32.0 Å². The van der Waals surface area contributed by atoms with Crippen molar-refractivity contribution in [3.63, 3.8) is 0 Å². The molecule has 0 aliphatic heterocycles. The molecule has 25 heavy (non-hydrogen) atoms. The summed E-state index contributed by atoms with van der Waals surface area (Å²) in [7, 11) is 0. The summed E-state index contributed by atoms with van der Waals surface area (Å²) in [6.07, 6.45) is -0.0622. The summed E-state index contributed by atoms with van der Waals surface area (Å²) in [5.41, 5.74) is 4.76. The standard InChI is InChI=1S/C17H20F3N4O/c1-16(2,24-11-10-23-15(24)14(21)25)8-9-22-13(17(18,19)20)12-6-4-3-5-7-12/h3-7,11,13,22H,8-9H2,1-2H3,(H2,21,25)/t13-/m0/s1. The van der Waals surface area contributed by atoms with Gasteiger partial charge in [-0.05, 0) is 32.4 Å². The Hall–Kier alpha value is -2.35. The van der Waals surface area contributed by atoms with Gasteiger partial charge in [0.2, 0.25) is 0 Å². The predicted octanol–water partition coefficient (Wildman–Crippen LogP) is 2.80. The molecule has 135 valence electrons. The third-order valence-corrected chi connectivity index (χ3v) is 4.00. The lowest BCUT2D eigenvalue weighted by atomic mass is 9.99. The highest BCUT2D eigenvalue weighted by Crippen LogP contribution is 2.33. The molecule has 0 bridgehead atoms. The quantitative estimate of drug-likeness (QED) is 0.804. The number of imidazole rings is 1. The van der Waals surface area contributed by atoms with Gasteiger partial charge in [-0.2, -0.15) is 13.2 Å². The van der Waals surface area contributed by atoms with Crippen LogP contribution in [0.2, 0.25) is 0 Å². The monoisotopic (exact) mass is 353 g/mol. The third-order valence-electron chi connectivity index (χ3n) is 4.00. The van der Waals surface area contributed by atoms with Crippen molar-refractivity contribution in [3.8, 4) is 0 Å². The van der Waals surface area contributed by atoms with Crippen LogP contribution in [0.15, 0.2) is 36.5 Å². The zero-order chi connectivity index (χ0) is 18.7. The van der Waals surface area contributed by atoms with Crippen molar-refractivity contribution < 1.29 is 18.0 Å². The second kappa shape index (κ2) is 7.26. The third kappa shape index (κ3) is 4.60. The summed E-state index contributed by atoms with van der Waals surface area (Å²) in [6.45, 7) is 3.67. The van der Waals surface area contributed by atoms with Gasteiger partial charge >= 0.3 is 6.18 Å². The van der Waals surface area contributed by atoms with Gasteiger partial charge in [0.1, 0.15) is 12.2 Å². The van der Waals surface area contributed by atoms with E-state index in [1.807, 2.05) is 0 Å². The number of hydrogen-bond acceptors (Lipinski definition) is 3. The number of nitrogens with zero attached hydrogens (tertiary/aromatic N) is 2. The number of alkyl halides is 3. The summed E-state index contributed by atoms with van der Waals surface area (Å²) in [5, 5.41) is 2.56. The molecule has 3 N–H and O–H groups in total. The van der Waals surface area contributed by atoms with E-state index < -0.39 is 23.7 Å². The van der Waals surface area contributed by atoms with Crippen LogP contribution in [0, 0.1) is 6.20 Å². The predicted molar refractivity (Wildman–Crippen MR) is 86.8 cm³/mol. The fourth-order valence-electron chi connectivity index (χ4n) is 2.61. The van der Waals surface area contributed by atoms with Gasteiger partial charge in [0, 0.05) is 11.7 Å². The fraction of sp³-hybridized carbons (Fsp3) is 0.412. The molecule has 5 nitrogen and oxygen atoms in total. The van der Waals surface area contributed by atoms with Crippen LogP contribution in [0.25, 0.3) is 0 Å². The molecule has 1 aromatic heterocycles. The summed E-state index contributed by atoms with van der Waals surface area (Å²) in [6, 6.07) is 5.93. The van der Waals surface area contributed by atoms with E-state index in [0.29, 0.717) is 6.42 Å². The lowest BCUT2D eigenvalue weighted by molar-refractivity contribution is -0.157. The van der Waals surface area contributed by atoms with Gasteiger partial charge in [-0.25, -0.2) is 4.98 Å². The van der Waals surface area contributed by atoms with Crippen molar-refractivity contribution in [1.29, 1.82) is 0 Å². The Morgan fingerprint density at radius 1 is 1.32 bits per heavy atom. The highest BCUT2D eigenvalue weighted by atomic mass is 19.4. The average molecular weight is 353 g/mol. The first-order chi connectivity index (χ1) is 11.6. The van der Waals surface area contributed by atoms with Gasteiger partial charge in [0.05, 0.1) is 0 Å². The number of carbonyl (C=O) groups is 1. The van der Waals surface area contributed by atoms with Crippen LogP contribution in [-0.4, -0.2) is 28.2 Å². The summed E-state index contributed by atoms with van der Waals surface area (Å²) in [5.74, 6) is -0.680. The molecule has 1 atom stereocenters. The number of carbonyl (C=O) groups excluding carboxylic acids is 1. The highest BCUT2D eigenvalue weighted by molar-refractivity contribution is 5.89. The number of nitrogens with two attached hydrogens (primary N) is 1. The maximum Gasteiger partial charge on any atom is 0.407 e. The molecular weight excluding hydrogens is 333 g/mol. The van der Waals surface area contributed by atoms with Gasteiger partial charge in [0.25, 0.3) is 5.91 Å². The Morgan fingerprint density at radius 3 is 2.52 bits per heavy atom. The van der Waals surface area contributed by atoms with Crippen LogP contribution in [-0.2, 0) is 5.54 Å². The molecule has 0 unspecified atom stereocenters. The van der Waals surface area contributed by atoms with E-state index in [9.17, 15) is 18.0 Å². The molecule has 0 saturated heterocycles. The largest absolute Gasteiger partial charge is 0.407 e. The van der Waals surface area contributed by atoms with Gasteiger partial charge in [-0.3, -0.25) is 4.79 Å². The summed E-state index contributed by atoms with van der Waals surface area (Å²) < 4.78 is 41.5. The summed E-state index contributed by atoms with van der Waals surface area (Å²) in [4.78, 5) is 15.2. The minimum absolute atomic E-state index is 0.0282. The molecule has 0 aliphatic carbocycles. The second-order valence-corrected chi connectivity index (χ2v) is 6.33. The maximum atomic E-state index is 13.3. The van der Waals surface area contributed by atoms with Crippen molar-refractivity contribution in [2.75, 3.05) is 6.54 Å². The molecule has 8 heteroatoms. The first kappa shape index (κ1) is 19.0. The van der Waals surface area contributed by atoms with Crippen LogP contribution in [0.4, 0.5) is 13.2 Å². The van der Waals surface area contributed by atoms with E-state index >= 15 is 0 Å². The number of hydrogen-bond donors (Lipinski definition) is 2. The second-order valence-electron chi connectivity index (χ2n) is 6.33. The van der Waals surface area contributed by atoms with Gasteiger partial charge < -0.3 is 15.6 Å². The molecule has 1 amide bonds. The lowest BCUT2D eigenvalue weighted by Crippen LogP contribution is -2.38. The Kier molecular flexibility index (Phi) is 5.52. The van der Waals surface area contributed by atoms with Crippen molar-refractivity contribution in [2.24, 2.45) is 5.73 Å². The SMILES string of the molecule is CC(C)(CCN[C@@H](c1ccccc1)C(F)(F)F)n1c[c]nc1C(N)=O. The molecule has 0 spiro atoms. The molecule has 2 aromatic rings. The van der Waals surface area contributed by atoms with E-state index in [0.717, 1.165) is 0 Å². The Labute approximate surface area is 144 Å². The number of amides is 1. The Morgan fingerprint density at radius 2 is 1.96 bits per heavy atom. The van der Waals surface area contributed by atoms with Crippen LogP contribution < -0.4 is 11.1 Å². The lowest BCUT2D eigenvalue weighted by Gasteiger charge is -2.29. The minimum atomic E-state index is -4.41. The first-order valence-corrected chi connectivity index (χ1v) is 7.73. The smallest absolute Gasteiger partial charge is 0.363 e. The van der Waals surface area contributed by atoms with Crippen LogP contribution in [0.1, 0.15) is 42.5 Å². The van der Waals surface area contributed by atoms with Gasteiger partial charge in [-0.15, -0.1) is 0 Å².